The Bertz CT molecular complexity index is 1020. The van der Waals surface area contributed by atoms with E-state index in [0.29, 0.717) is 11.6 Å². The number of nitrogens with one attached hydrogen (secondary N) is 2. The van der Waals surface area contributed by atoms with Gasteiger partial charge in [-0.1, -0.05) is 18.2 Å². The Morgan fingerprint density at radius 1 is 1.11 bits per heavy atom. The predicted octanol–water partition coefficient (Wildman–Crippen LogP) is 3.70. The highest BCUT2D eigenvalue weighted by molar-refractivity contribution is 5.95. The van der Waals surface area contributed by atoms with Gasteiger partial charge in [0.25, 0.3) is 5.91 Å². The van der Waals surface area contributed by atoms with E-state index < -0.39 is 41.1 Å². The molecule has 0 aliphatic rings. The molecule has 1 heterocycles. The first-order valence-electron chi connectivity index (χ1n) is 8.05. The van der Waals surface area contributed by atoms with Crippen LogP contribution in [-0.4, -0.2) is 23.0 Å². The lowest BCUT2D eigenvalue weighted by atomic mass is 10.1. The van der Waals surface area contributed by atoms with Crippen molar-refractivity contribution < 1.29 is 27.5 Å². The van der Waals surface area contributed by atoms with E-state index >= 15 is 0 Å². The Labute approximate surface area is 152 Å². The lowest BCUT2D eigenvalue weighted by molar-refractivity contribution is -0.152. The summed E-state index contributed by atoms with van der Waals surface area (Å²) in [5.74, 6) is -6.12. The number of anilines is 1. The SMILES string of the molecule is C[C@@H](OC(=O)Cc1c[nH]c2ccccc12)C(=O)Nc1ccc(F)c(F)c1F. The maximum atomic E-state index is 13.6. The lowest BCUT2D eigenvalue weighted by Gasteiger charge is -2.14. The number of carbonyl (C=O) groups excluding carboxylic acids is 2. The lowest BCUT2D eigenvalue weighted by Crippen LogP contribution is -2.30. The number of ether oxygens (including phenoxy) is 1. The number of rotatable bonds is 5. The second-order valence-corrected chi connectivity index (χ2v) is 5.88. The molecule has 3 rings (SSSR count). The molecule has 27 heavy (non-hydrogen) atoms. The average Bonchev–Trinajstić information content (AvgIpc) is 3.05. The van der Waals surface area contributed by atoms with E-state index in [1.165, 1.54) is 6.92 Å². The molecule has 2 aromatic carbocycles. The fourth-order valence-corrected chi connectivity index (χ4v) is 2.58. The smallest absolute Gasteiger partial charge is 0.311 e. The zero-order chi connectivity index (χ0) is 19.6. The number of aromatic amines is 1. The van der Waals surface area contributed by atoms with E-state index in [9.17, 15) is 22.8 Å². The average molecular weight is 376 g/mol. The Kier molecular flexibility index (Phi) is 5.16. The van der Waals surface area contributed by atoms with Crippen molar-refractivity contribution in [3.63, 3.8) is 0 Å². The van der Waals surface area contributed by atoms with Crippen molar-refractivity contribution in [1.82, 2.24) is 4.98 Å². The molecule has 1 aromatic heterocycles. The summed E-state index contributed by atoms with van der Waals surface area (Å²) >= 11 is 0. The largest absolute Gasteiger partial charge is 0.452 e. The third-order valence-electron chi connectivity index (χ3n) is 3.98. The van der Waals surface area contributed by atoms with Crippen molar-refractivity contribution in [2.24, 2.45) is 0 Å². The van der Waals surface area contributed by atoms with Gasteiger partial charge in [0, 0.05) is 17.1 Å². The number of esters is 1. The molecular weight excluding hydrogens is 361 g/mol. The minimum absolute atomic E-state index is 0.0683. The van der Waals surface area contributed by atoms with Crippen LogP contribution in [0, 0.1) is 17.5 Å². The van der Waals surface area contributed by atoms with Gasteiger partial charge in [0.2, 0.25) is 0 Å². The normalized spacial score (nSPS) is 12.0. The summed E-state index contributed by atoms with van der Waals surface area (Å²) in [7, 11) is 0. The minimum atomic E-state index is -1.70. The molecule has 0 radical (unpaired) electrons. The van der Waals surface area contributed by atoms with Gasteiger partial charge in [0.05, 0.1) is 12.1 Å². The van der Waals surface area contributed by atoms with Gasteiger partial charge < -0.3 is 15.0 Å². The summed E-state index contributed by atoms with van der Waals surface area (Å²) in [6.07, 6.45) is 0.351. The van der Waals surface area contributed by atoms with Crippen LogP contribution in [0.1, 0.15) is 12.5 Å². The molecule has 0 bridgehead atoms. The number of aromatic nitrogens is 1. The summed E-state index contributed by atoms with van der Waals surface area (Å²) in [4.78, 5) is 27.1. The van der Waals surface area contributed by atoms with Gasteiger partial charge in [-0.15, -0.1) is 0 Å². The predicted molar refractivity (Wildman–Crippen MR) is 92.5 cm³/mol. The molecule has 0 saturated carbocycles. The van der Waals surface area contributed by atoms with Crippen LogP contribution in [0.5, 0.6) is 0 Å². The number of hydrogen-bond donors (Lipinski definition) is 2. The highest BCUT2D eigenvalue weighted by Crippen LogP contribution is 2.21. The molecule has 1 atom stereocenters. The second-order valence-electron chi connectivity index (χ2n) is 5.88. The molecule has 2 N–H and O–H groups in total. The van der Waals surface area contributed by atoms with Gasteiger partial charge >= 0.3 is 5.97 Å². The Morgan fingerprint density at radius 2 is 1.85 bits per heavy atom. The number of amides is 1. The first kappa shape index (κ1) is 18.5. The zero-order valence-corrected chi connectivity index (χ0v) is 14.2. The fourth-order valence-electron chi connectivity index (χ4n) is 2.58. The molecule has 1 amide bonds. The maximum Gasteiger partial charge on any atom is 0.311 e. The Balaban J connectivity index is 1.62. The van der Waals surface area contributed by atoms with Crippen molar-refractivity contribution in [3.05, 3.63) is 65.6 Å². The maximum absolute atomic E-state index is 13.6. The van der Waals surface area contributed by atoms with Crippen LogP contribution in [-0.2, 0) is 20.7 Å². The molecule has 140 valence electrons. The number of carbonyl (C=O) groups is 2. The molecule has 0 aliphatic carbocycles. The number of benzene rings is 2. The van der Waals surface area contributed by atoms with E-state index in [-0.39, 0.29) is 6.42 Å². The number of H-pyrrole nitrogens is 1. The molecular formula is C19H15F3N2O3. The highest BCUT2D eigenvalue weighted by atomic mass is 19.2. The van der Waals surface area contributed by atoms with Gasteiger partial charge in [0.15, 0.2) is 23.6 Å². The van der Waals surface area contributed by atoms with Crippen molar-refractivity contribution in [1.29, 1.82) is 0 Å². The van der Waals surface area contributed by atoms with Crippen LogP contribution in [0.3, 0.4) is 0 Å². The van der Waals surface area contributed by atoms with Crippen molar-refractivity contribution in [3.8, 4) is 0 Å². The number of para-hydroxylation sites is 1. The molecule has 0 aliphatic heterocycles. The first-order chi connectivity index (χ1) is 12.9. The van der Waals surface area contributed by atoms with Crippen molar-refractivity contribution >= 4 is 28.5 Å². The monoisotopic (exact) mass is 376 g/mol. The van der Waals surface area contributed by atoms with E-state index in [2.05, 4.69) is 10.3 Å². The summed E-state index contributed by atoms with van der Waals surface area (Å²) < 4.78 is 44.8. The molecule has 8 heteroatoms. The third-order valence-corrected chi connectivity index (χ3v) is 3.98. The van der Waals surface area contributed by atoms with Crippen LogP contribution in [0.2, 0.25) is 0 Å². The van der Waals surface area contributed by atoms with E-state index in [1.54, 1.807) is 6.20 Å². The van der Waals surface area contributed by atoms with Crippen LogP contribution >= 0.6 is 0 Å². The van der Waals surface area contributed by atoms with Gasteiger partial charge in [-0.2, -0.15) is 0 Å². The van der Waals surface area contributed by atoms with Gasteiger partial charge in [-0.25, -0.2) is 13.2 Å². The number of halogens is 3. The zero-order valence-electron chi connectivity index (χ0n) is 14.2. The second kappa shape index (κ2) is 7.53. The van der Waals surface area contributed by atoms with E-state index in [1.807, 2.05) is 24.3 Å². The summed E-state index contributed by atoms with van der Waals surface area (Å²) in [5, 5.41) is 2.92. The minimum Gasteiger partial charge on any atom is -0.452 e. The van der Waals surface area contributed by atoms with Crippen LogP contribution in [0.25, 0.3) is 10.9 Å². The topological polar surface area (TPSA) is 71.2 Å². The fraction of sp³-hybridized carbons (Fsp3) is 0.158. The van der Waals surface area contributed by atoms with Gasteiger partial charge in [-0.05, 0) is 30.7 Å². The summed E-state index contributed by atoms with van der Waals surface area (Å²) in [6.45, 7) is 1.29. The summed E-state index contributed by atoms with van der Waals surface area (Å²) in [6, 6.07) is 8.95. The molecule has 0 spiro atoms. The van der Waals surface area contributed by atoms with Crippen LogP contribution in [0.15, 0.2) is 42.6 Å². The highest BCUT2D eigenvalue weighted by Gasteiger charge is 2.22. The van der Waals surface area contributed by atoms with Gasteiger partial charge in [-0.3, -0.25) is 9.59 Å². The Hall–Kier alpha value is -3.29. The number of fused-ring (bicyclic) bond motifs is 1. The van der Waals surface area contributed by atoms with E-state index in [4.69, 9.17) is 4.74 Å². The molecule has 0 fully saturated rings. The Morgan fingerprint density at radius 3 is 2.63 bits per heavy atom. The van der Waals surface area contributed by atoms with Crippen molar-refractivity contribution in [2.75, 3.05) is 5.32 Å². The van der Waals surface area contributed by atoms with Crippen LogP contribution < -0.4 is 5.32 Å². The standard InChI is InChI=1S/C19H15F3N2O3/c1-10(19(26)24-15-7-6-13(20)17(21)18(15)22)27-16(25)8-11-9-23-14-5-3-2-4-12(11)14/h2-7,9-10,23H,8H2,1H3,(H,24,26)/t10-/m1/s1. The van der Waals surface area contributed by atoms with Gasteiger partial charge in [0.1, 0.15) is 0 Å². The quantitative estimate of drug-likeness (QED) is 0.527. The summed E-state index contributed by atoms with van der Waals surface area (Å²) in [5.41, 5.74) is 1.02. The van der Waals surface area contributed by atoms with Crippen LogP contribution in [0.4, 0.5) is 18.9 Å². The first-order valence-corrected chi connectivity index (χ1v) is 8.05. The van der Waals surface area contributed by atoms with Crippen molar-refractivity contribution in [2.45, 2.75) is 19.4 Å². The molecule has 3 aromatic rings. The molecule has 0 unspecified atom stereocenters. The number of hydrogen-bond acceptors (Lipinski definition) is 3. The molecule has 5 nitrogen and oxygen atoms in total. The third kappa shape index (κ3) is 3.94. The molecule has 0 saturated heterocycles. The van der Waals surface area contributed by atoms with E-state index in [0.717, 1.165) is 17.0 Å².